The molecule has 2 aliphatic rings. The summed E-state index contributed by atoms with van der Waals surface area (Å²) in [5.41, 5.74) is 1.66. The molecule has 2 aliphatic carbocycles. The lowest BCUT2D eigenvalue weighted by Crippen LogP contribution is -2.19. The summed E-state index contributed by atoms with van der Waals surface area (Å²) in [6, 6.07) is 3.55. The predicted molar refractivity (Wildman–Crippen MR) is 127 cm³/mol. The van der Waals surface area contributed by atoms with Gasteiger partial charge in [-0.05, 0) is 106 Å². The van der Waals surface area contributed by atoms with E-state index < -0.39 is 17.5 Å². The fourth-order valence-electron chi connectivity index (χ4n) is 5.32. The smallest absolute Gasteiger partial charge is 0.164 e. The lowest BCUT2D eigenvalue weighted by Gasteiger charge is -2.30. The fraction of sp³-hybridized carbons (Fsp3) is 0.571. The van der Waals surface area contributed by atoms with Gasteiger partial charge in [-0.3, -0.25) is 0 Å². The summed E-state index contributed by atoms with van der Waals surface area (Å²) in [5, 5.41) is 9.68. The summed E-state index contributed by atoms with van der Waals surface area (Å²) in [5.74, 6) is -1.35. The van der Waals surface area contributed by atoms with Crippen LogP contribution in [0.25, 0.3) is 0 Å². The largest absolute Gasteiger partial charge is 0.491 e. The van der Waals surface area contributed by atoms with Crippen LogP contribution in [0.1, 0.15) is 94.1 Å². The number of allylic oxidation sites excluding steroid dienone is 3. The molecule has 0 unspecified atom stereocenters. The van der Waals surface area contributed by atoms with Gasteiger partial charge in [0.05, 0.1) is 12.7 Å². The molecule has 0 spiro atoms. The Kier molecular flexibility index (Phi) is 9.25. The first-order valence-corrected chi connectivity index (χ1v) is 12.3. The van der Waals surface area contributed by atoms with Crippen LogP contribution in [0.5, 0.6) is 0 Å². The molecule has 0 heterocycles. The molecule has 2 fully saturated rings. The first kappa shape index (κ1) is 25.6. The van der Waals surface area contributed by atoms with Crippen molar-refractivity contribution in [3.63, 3.8) is 0 Å². The van der Waals surface area contributed by atoms with Gasteiger partial charge in [-0.25, -0.2) is 13.2 Å². The van der Waals surface area contributed by atoms with Gasteiger partial charge in [0.2, 0.25) is 0 Å². The quantitative estimate of drug-likeness (QED) is 0.298. The van der Waals surface area contributed by atoms with Crippen LogP contribution in [0, 0.1) is 17.6 Å². The van der Waals surface area contributed by atoms with E-state index in [-0.39, 0.29) is 23.7 Å². The molecule has 0 bridgehead atoms. The van der Waals surface area contributed by atoms with Crippen LogP contribution in [0.2, 0.25) is 0 Å². The highest BCUT2D eigenvalue weighted by atomic mass is 19.2. The number of ether oxygens (including phenoxy) is 1. The van der Waals surface area contributed by atoms with Gasteiger partial charge in [0.15, 0.2) is 17.5 Å². The monoisotopic (exact) mass is 462 g/mol. The number of aliphatic hydroxyl groups excluding tert-OH is 1. The standard InChI is InChI=1S/C28H37F3O2/c1-4-33-19(3)26(29)17-18(2)5-6-20-7-9-21(10-8-20)24-15-16-25(28(31)27(24)30)22-11-13-23(32)14-12-22/h15-17,20-23,32H,2-14H2,1H3/b26-17+. The topological polar surface area (TPSA) is 29.5 Å². The van der Waals surface area contributed by atoms with E-state index in [2.05, 4.69) is 13.2 Å². The molecule has 33 heavy (non-hydrogen) atoms. The van der Waals surface area contributed by atoms with Crippen LogP contribution in [0.15, 0.2) is 48.5 Å². The minimum Gasteiger partial charge on any atom is -0.491 e. The number of rotatable bonds is 9. The molecule has 2 nitrogen and oxygen atoms in total. The summed E-state index contributed by atoms with van der Waals surface area (Å²) in [7, 11) is 0. The third kappa shape index (κ3) is 6.75. The van der Waals surface area contributed by atoms with Gasteiger partial charge >= 0.3 is 0 Å². The van der Waals surface area contributed by atoms with E-state index in [9.17, 15) is 18.3 Å². The second kappa shape index (κ2) is 11.9. The zero-order valence-electron chi connectivity index (χ0n) is 19.7. The Morgan fingerprint density at radius 3 is 2.00 bits per heavy atom. The molecule has 1 aromatic carbocycles. The Labute approximate surface area is 196 Å². The van der Waals surface area contributed by atoms with Gasteiger partial charge in [0, 0.05) is 0 Å². The number of hydrogen-bond donors (Lipinski definition) is 1. The van der Waals surface area contributed by atoms with Gasteiger partial charge in [0.1, 0.15) is 5.76 Å². The maximum Gasteiger partial charge on any atom is 0.164 e. The van der Waals surface area contributed by atoms with Gasteiger partial charge in [-0.15, -0.1) is 0 Å². The number of halogens is 3. The van der Waals surface area contributed by atoms with Crippen molar-refractivity contribution >= 4 is 0 Å². The molecule has 1 aromatic rings. The molecule has 0 radical (unpaired) electrons. The molecule has 1 N–H and O–H groups in total. The van der Waals surface area contributed by atoms with Crippen LogP contribution in [0.4, 0.5) is 13.2 Å². The van der Waals surface area contributed by atoms with E-state index in [0.29, 0.717) is 61.3 Å². The second-order valence-electron chi connectivity index (χ2n) is 9.64. The van der Waals surface area contributed by atoms with Gasteiger partial charge < -0.3 is 9.84 Å². The molecule has 3 rings (SSSR count). The van der Waals surface area contributed by atoms with Crippen molar-refractivity contribution in [1.82, 2.24) is 0 Å². The lowest BCUT2D eigenvalue weighted by atomic mass is 9.76. The molecule has 0 atom stereocenters. The Hall–Kier alpha value is -2.01. The van der Waals surface area contributed by atoms with Crippen molar-refractivity contribution in [2.75, 3.05) is 6.61 Å². The van der Waals surface area contributed by atoms with Crippen molar-refractivity contribution in [3.8, 4) is 0 Å². The number of aliphatic hydroxyl groups is 1. The van der Waals surface area contributed by atoms with E-state index >= 15 is 0 Å². The SMILES string of the molecule is C=C(/C=C(/F)C(=C)OCC)CCC1CCC(c2ccc(C3CCC(O)CC3)c(F)c2F)CC1. The van der Waals surface area contributed by atoms with E-state index in [1.54, 1.807) is 19.1 Å². The number of benzene rings is 1. The Balaban J connectivity index is 1.51. The van der Waals surface area contributed by atoms with Crippen LogP contribution >= 0.6 is 0 Å². The Morgan fingerprint density at radius 2 is 1.48 bits per heavy atom. The summed E-state index contributed by atoms with van der Waals surface area (Å²) in [6.07, 6.45) is 8.90. The maximum absolute atomic E-state index is 15.0. The van der Waals surface area contributed by atoms with E-state index in [0.717, 1.165) is 32.1 Å². The van der Waals surface area contributed by atoms with Gasteiger partial charge in [-0.2, -0.15) is 0 Å². The molecule has 0 aliphatic heterocycles. The van der Waals surface area contributed by atoms with E-state index in [1.807, 2.05) is 0 Å². The normalized spacial score (nSPS) is 26.2. The maximum atomic E-state index is 15.0. The van der Waals surface area contributed by atoms with Crippen LogP contribution in [0.3, 0.4) is 0 Å². The fourth-order valence-corrected chi connectivity index (χ4v) is 5.32. The molecule has 0 amide bonds. The third-order valence-corrected chi connectivity index (χ3v) is 7.35. The number of hydrogen-bond acceptors (Lipinski definition) is 2. The van der Waals surface area contributed by atoms with Crippen molar-refractivity contribution < 1.29 is 23.0 Å². The zero-order chi connectivity index (χ0) is 24.0. The Morgan fingerprint density at radius 1 is 0.970 bits per heavy atom. The Bertz CT molecular complexity index is 860. The highest BCUT2D eigenvalue weighted by Gasteiger charge is 2.29. The molecule has 182 valence electrons. The van der Waals surface area contributed by atoms with Crippen molar-refractivity contribution in [1.29, 1.82) is 0 Å². The minimum atomic E-state index is -0.699. The summed E-state index contributed by atoms with van der Waals surface area (Å²) in [4.78, 5) is 0. The third-order valence-electron chi connectivity index (χ3n) is 7.35. The van der Waals surface area contributed by atoms with Crippen molar-refractivity contribution in [3.05, 3.63) is 71.3 Å². The molecular formula is C28H37F3O2. The lowest BCUT2D eigenvalue weighted by molar-refractivity contribution is 0.122. The molecule has 0 aromatic heterocycles. The molecule has 5 heteroatoms. The second-order valence-corrected chi connectivity index (χ2v) is 9.64. The van der Waals surface area contributed by atoms with Crippen molar-refractivity contribution in [2.45, 2.75) is 89.1 Å². The molecule has 0 saturated heterocycles. The molecular weight excluding hydrogens is 425 g/mol. The highest BCUT2D eigenvalue weighted by Crippen LogP contribution is 2.41. The summed E-state index contributed by atoms with van der Waals surface area (Å²) in [6.45, 7) is 9.64. The van der Waals surface area contributed by atoms with Gasteiger partial charge in [0.25, 0.3) is 0 Å². The molecule has 2 saturated carbocycles. The summed E-state index contributed by atoms with van der Waals surface area (Å²) >= 11 is 0. The summed E-state index contributed by atoms with van der Waals surface area (Å²) < 4.78 is 48.9. The van der Waals surface area contributed by atoms with Crippen LogP contribution < -0.4 is 0 Å². The first-order valence-electron chi connectivity index (χ1n) is 12.3. The van der Waals surface area contributed by atoms with Gasteiger partial charge in [-0.1, -0.05) is 30.9 Å². The van der Waals surface area contributed by atoms with Crippen molar-refractivity contribution in [2.24, 2.45) is 5.92 Å². The predicted octanol–water partition coefficient (Wildman–Crippen LogP) is 8.00. The first-order chi connectivity index (χ1) is 15.8. The zero-order valence-corrected chi connectivity index (χ0v) is 19.7. The average Bonchev–Trinajstić information content (AvgIpc) is 2.81. The van der Waals surface area contributed by atoms with E-state index in [1.165, 1.54) is 6.08 Å². The van der Waals surface area contributed by atoms with Crippen LogP contribution in [-0.4, -0.2) is 17.8 Å². The highest BCUT2D eigenvalue weighted by molar-refractivity contribution is 5.32. The average molecular weight is 463 g/mol. The minimum absolute atomic E-state index is 0.00891. The van der Waals surface area contributed by atoms with Crippen LogP contribution in [-0.2, 0) is 4.74 Å². The van der Waals surface area contributed by atoms with E-state index in [4.69, 9.17) is 4.74 Å².